The number of hydrogen-bond donors (Lipinski definition) is 1. The third-order valence-corrected chi connectivity index (χ3v) is 2.43. The number of ether oxygens (including phenoxy) is 1. The van der Waals surface area contributed by atoms with Crippen molar-refractivity contribution in [3.05, 3.63) is 0 Å². The monoisotopic (exact) mass is 206 g/mol. The molecular formula is C8H14O4S. The maximum absolute atomic E-state index is 10.6. The van der Waals surface area contributed by atoms with Crippen molar-refractivity contribution < 1.29 is 19.4 Å². The Morgan fingerprint density at radius 3 is 2.54 bits per heavy atom. The highest BCUT2D eigenvalue weighted by molar-refractivity contribution is 7.99. The molecule has 0 bridgehead atoms. The van der Waals surface area contributed by atoms with Crippen molar-refractivity contribution in [2.75, 3.05) is 18.6 Å². The number of esters is 1. The minimum atomic E-state index is -0.770. The van der Waals surface area contributed by atoms with Gasteiger partial charge in [-0.05, 0) is 12.2 Å². The number of methoxy groups -OCH3 is 1. The maximum Gasteiger partial charge on any atom is 0.306 e. The summed E-state index contributed by atoms with van der Waals surface area (Å²) in [6.45, 7) is 0. The lowest BCUT2D eigenvalue weighted by Gasteiger charge is -1.99. The Balaban J connectivity index is 3.08. The van der Waals surface area contributed by atoms with E-state index in [4.69, 9.17) is 5.11 Å². The molecule has 0 atom stereocenters. The molecule has 0 rings (SSSR count). The molecule has 0 saturated heterocycles. The van der Waals surface area contributed by atoms with Gasteiger partial charge in [-0.25, -0.2) is 0 Å². The first kappa shape index (κ1) is 12.3. The van der Waals surface area contributed by atoms with Gasteiger partial charge in [0, 0.05) is 12.2 Å². The summed E-state index contributed by atoms with van der Waals surface area (Å²) in [6, 6.07) is 0. The molecule has 5 heteroatoms. The molecule has 0 aromatic carbocycles. The van der Waals surface area contributed by atoms with Crippen molar-refractivity contribution in [1.29, 1.82) is 0 Å². The molecule has 4 nitrogen and oxygen atoms in total. The molecule has 0 heterocycles. The molecule has 0 aliphatic carbocycles. The molecule has 0 spiro atoms. The van der Waals surface area contributed by atoms with E-state index >= 15 is 0 Å². The van der Waals surface area contributed by atoms with Crippen molar-refractivity contribution in [1.82, 2.24) is 0 Å². The second-order valence-electron chi connectivity index (χ2n) is 2.44. The van der Waals surface area contributed by atoms with Gasteiger partial charge in [0.2, 0.25) is 0 Å². The number of carbonyl (C=O) groups excluding carboxylic acids is 1. The largest absolute Gasteiger partial charge is 0.481 e. The van der Waals surface area contributed by atoms with Crippen molar-refractivity contribution in [3.63, 3.8) is 0 Å². The highest BCUT2D eigenvalue weighted by Crippen LogP contribution is 2.06. The van der Waals surface area contributed by atoms with Crippen LogP contribution in [0.1, 0.15) is 19.3 Å². The first-order chi connectivity index (χ1) is 6.16. The normalized spacial score (nSPS) is 9.62. The Bertz CT molecular complexity index is 170. The molecule has 0 fully saturated rings. The van der Waals surface area contributed by atoms with Crippen LogP contribution in [-0.2, 0) is 14.3 Å². The van der Waals surface area contributed by atoms with Gasteiger partial charge in [-0.2, -0.15) is 11.8 Å². The molecule has 0 aromatic heterocycles. The molecule has 0 aromatic rings. The SMILES string of the molecule is COC(=O)CCSCCCC(=O)O. The van der Waals surface area contributed by atoms with Gasteiger partial charge in [0.15, 0.2) is 0 Å². The molecular weight excluding hydrogens is 192 g/mol. The summed E-state index contributed by atoms with van der Waals surface area (Å²) >= 11 is 1.57. The smallest absolute Gasteiger partial charge is 0.306 e. The van der Waals surface area contributed by atoms with Crippen LogP contribution < -0.4 is 0 Å². The van der Waals surface area contributed by atoms with Gasteiger partial charge in [0.1, 0.15) is 0 Å². The van der Waals surface area contributed by atoms with Gasteiger partial charge >= 0.3 is 11.9 Å². The number of rotatable bonds is 7. The Morgan fingerprint density at radius 1 is 1.31 bits per heavy atom. The van der Waals surface area contributed by atoms with Crippen LogP contribution in [0.25, 0.3) is 0 Å². The number of aliphatic carboxylic acids is 1. The standard InChI is InChI=1S/C8H14O4S/c1-12-8(11)4-6-13-5-2-3-7(9)10/h2-6H2,1H3,(H,9,10). The van der Waals surface area contributed by atoms with Crippen LogP contribution in [0.4, 0.5) is 0 Å². The van der Waals surface area contributed by atoms with Gasteiger partial charge in [-0.3, -0.25) is 9.59 Å². The minimum absolute atomic E-state index is 0.200. The number of carbonyl (C=O) groups is 2. The topological polar surface area (TPSA) is 63.6 Å². The van der Waals surface area contributed by atoms with E-state index in [9.17, 15) is 9.59 Å². The fourth-order valence-electron chi connectivity index (χ4n) is 0.685. The van der Waals surface area contributed by atoms with Gasteiger partial charge in [0.05, 0.1) is 13.5 Å². The van der Waals surface area contributed by atoms with Crippen LogP contribution in [0.5, 0.6) is 0 Å². The van der Waals surface area contributed by atoms with E-state index < -0.39 is 5.97 Å². The Kier molecular flexibility index (Phi) is 7.48. The number of carboxylic acids is 1. The first-order valence-corrected chi connectivity index (χ1v) is 5.18. The lowest BCUT2D eigenvalue weighted by atomic mass is 10.3. The molecule has 0 aliphatic rings. The highest BCUT2D eigenvalue weighted by atomic mass is 32.2. The van der Waals surface area contributed by atoms with Gasteiger partial charge in [-0.1, -0.05) is 0 Å². The molecule has 13 heavy (non-hydrogen) atoms. The fraction of sp³-hybridized carbons (Fsp3) is 0.750. The Morgan fingerprint density at radius 2 is 2.00 bits per heavy atom. The van der Waals surface area contributed by atoms with E-state index in [2.05, 4.69) is 4.74 Å². The summed E-state index contributed by atoms with van der Waals surface area (Å²) < 4.78 is 4.45. The van der Waals surface area contributed by atoms with E-state index in [-0.39, 0.29) is 12.4 Å². The van der Waals surface area contributed by atoms with E-state index in [1.807, 2.05) is 0 Å². The van der Waals surface area contributed by atoms with Crippen molar-refractivity contribution in [2.24, 2.45) is 0 Å². The summed E-state index contributed by atoms with van der Waals surface area (Å²) in [7, 11) is 1.36. The van der Waals surface area contributed by atoms with E-state index in [0.717, 1.165) is 5.75 Å². The molecule has 0 radical (unpaired) electrons. The zero-order chi connectivity index (χ0) is 10.1. The minimum Gasteiger partial charge on any atom is -0.481 e. The number of carboxylic acid groups (broad SMARTS) is 1. The summed E-state index contributed by atoms with van der Waals surface area (Å²) in [6.07, 6.45) is 1.25. The van der Waals surface area contributed by atoms with Crippen LogP contribution in [0, 0.1) is 0 Å². The lowest BCUT2D eigenvalue weighted by molar-refractivity contribution is -0.140. The molecule has 0 unspecified atom stereocenters. The summed E-state index contributed by atoms with van der Waals surface area (Å²) in [4.78, 5) is 20.7. The fourth-order valence-corrected chi connectivity index (χ4v) is 1.55. The van der Waals surface area contributed by atoms with E-state index in [0.29, 0.717) is 18.6 Å². The van der Waals surface area contributed by atoms with Crippen LogP contribution in [0.2, 0.25) is 0 Å². The quantitative estimate of drug-likeness (QED) is 0.500. The predicted molar refractivity (Wildman–Crippen MR) is 50.8 cm³/mol. The van der Waals surface area contributed by atoms with Crippen molar-refractivity contribution in [3.8, 4) is 0 Å². The van der Waals surface area contributed by atoms with E-state index in [1.165, 1.54) is 7.11 Å². The van der Waals surface area contributed by atoms with Gasteiger partial charge in [0.25, 0.3) is 0 Å². The van der Waals surface area contributed by atoms with Crippen molar-refractivity contribution >= 4 is 23.7 Å². The number of thioether (sulfide) groups is 1. The van der Waals surface area contributed by atoms with Crippen LogP contribution >= 0.6 is 11.8 Å². The lowest BCUT2D eigenvalue weighted by Crippen LogP contribution is -2.01. The average molecular weight is 206 g/mol. The van der Waals surface area contributed by atoms with Crippen molar-refractivity contribution in [2.45, 2.75) is 19.3 Å². The maximum atomic E-state index is 10.6. The highest BCUT2D eigenvalue weighted by Gasteiger charge is 2.00. The first-order valence-electron chi connectivity index (χ1n) is 4.03. The van der Waals surface area contributed by atoms with Crippen LogP contribution in [-0.4, -0.2) is 35.7 Å². The predicted octanol–water partition coefficient (Wildman–Crippen LogP) is 1.15. The molecule has 76 valence electrons. The second-order valence-corrected chi connectivity index (χ2v) is 3.66. The molecule has 0 amide bonds. The molecule has 0 aliphatic heterocycles. The van der Waals surface area contributed by atoms with Gasteiger partial charge in [-0.15, -0.1) is 0 Å². The third-order valence-electron chi connectivity index (χ3n) is 1.36. The Labute approximate surface area is 81.6 Å². The number of hydrogen-bond acceptors (Lipinski definition) is 4. The Hall–Kier alpha value is -0.710. The molecule has 0 saturated carbocycles. The zero-order valence-corrected chi connectivity index (χ0v) is 8.43. The van der Waals surface area contributed by atoms with E-state index in [1.54, 1.807) is 11.8 Å². The zero-order valence-electron chi connectivity index (χ0n) is 7.62. The van der Waals surface area contributed by atoms with Crippen LogP contribution in [0.3, 0.4) is 0 Å². The average Bonchev–Trinajstić information content (AvgIpc) is 2.10. The summed E-state index contributed by atoms with van der Waals surface area (Å²) in [5, 5.41) is 8.31. The third kappa shape index (κ3) is 9.20. The van der Waals surface area contributed by atoms with Gasteiger partial charge < -0.3 is 9.84 Å². The molecule has 1 N–H and O–H groups in total. The summed E-state index contributed by atoms with van der Waals surface area (Å²) in [5.41, 5.74) is 0. The van der Waals surface area contributed by atoms with Crippen LogP contribution in [0.15, 0.2) is 0 Å². The summed E-state index contributed by atoms with van der Waals surface area (Å²) in [5.74, 6) is 0.495. The second kappa shape index (κ2) is 7.91.